The number of hydrogen-bond donors (Lipinski definition) is 0. The van der Waals surface area contributed by atoms with Gasteiger partial charge >= 0.3 is 0 Å². The largest absolute Gasteiger partial charge is 0.311 e. The van der Waals surface area contributed by atoms with E-state index in [1.165, 1.54) is 100 Å². The van der Waals surface area contributed by atoms with Gasteiger partial charge in [0.05, 0.1) is 0 Å². The highest BCUT2D eigenvalue weighted by Gasteiger charge is 2.65. The number of benzene rings is 5. The van der Waals surface area contributed by atoms with Crippen molar-refractivity contribution < 1.29 is 0 Å². The third-order valence-electron chi connectivity index (χ3n) is 12.0. The summed E-state index contributed by atoms with van der Waals surface area (Å²) in [5.41, 5.74) is 14.4. The second-order valence-corrected chi connectivity index (χ2v) is 15.2. The molecule has 3 aliphatic rings. The van der Waals surface area contributed by atoms with Crippen molar-refractivity contribution in [3.8, 4) is 0 Å². The molecule has 8 rings (SSSR count). The zero-order chi connectivity index (χ0) is 34.3. The van der Waals surface area contributed by atoms with Gasteiger partial charge < -0.3 is 9.80 Å². The van der Waals surface area contributed by atoms with Crippen molar-refractivity contribution in [1.82, 2.24) is 0 Å². The number of fused-ring (bicyclic) bond motifs is 1. The van der Waals surface area contributed by atoms with E-state index in [-0.39, 0.29) is 10.8 Å². The van der Waals surface area contributed by atoms with Crippen molar-refractivity contribution in [2.75, 3.05) is 9.80 Å². The second-order valence-electron chi connectivity index (χ2n) is 15.2. The Hall–Kier alpha value is -4.82. The Morgan fingerprint density at radius 3 is 1.44 bits per heavy atom. The van der Waals surface area contributed by atoms with Gasteiger partial charge in [-0.25, -0.2) is 0 Å². The maximum Gasteiger partial charge on any atom is 0.0461 e. The van der Waals surface area contributed by atoms with Crippen LogP contribution in [-0.4, -0.2) is 0 Å². The average molecular weight is 655 g/mol. The standard InChI is InChI=1S/C48H50N2/c1-5-38-15-25-44(26-16-38)50(43-23-13-37(4)14-24-43)46-29-32-48(34-40(48)33-46)47(30-7-6-8-31-47)39-17-27-45(28-18-39)49(41-19-9-35(2)10-20-41)42-21-11-36(3)12-22-42/h9-29,32-33,40H,5-8,30-31,34H2,1-4H3. The molecule has 5 aromatic rings. The van der Waals surface area contributed by atoms with Crippen molar-refractivity contribution in [3.63, 3.8) is 0 Å². The predicted octanol–water partition coefficient (Wildman–Crippen LogP) is 13.1. The molecule has 0 aliphatic heterocycles. The molecule has 3 aliphatic carbocycles. The lowest BCUT2D eigenvalue weighted by Crippen LogP contribution is -2.40. The topological polar surface area (TPSA) is 6.48 Å². The van der Waals surface area contributed by atoms with Gasteiger partial charge in [0.15, 0.2) is 0 Å². The predicted molar refractivity (Wildman–Crippen MR) is 212 cm³/mol. The fourth-order valence-corrected chi connectivity index (χ4v) is 9.02. The van der Waals surface area contributed by atoms with Crippen LogP contribution in [0.3, 0.4) is 0 Å². The molecule has 50 heavy (non-hydrogen) atoms. The Kier molecular flexibility index (Phi) is 8.51. The molecule has 2 fully saturated rings. The summed E-state index contributed by atoms with van der Waals surface area (Å²) in [6, 6.07) is 45.7. The van der Waals surface area contributed by atoms with Gasteiger partial charge in [-0.3, -0.25) is 0 Å². The molecular weight excluding hydrogens is 605 g/mol. The van der Waals surface area contributed by atoms with Crippen LogP contribution in [0.1, 0.15) is 73.3 Å². The molecular formula is C48H50N2. The summed E-state index contributed by atoms with van der Waals surface area (Å²) in [4.78, 5) is 4.86. The number of rotatable bonds is 9. The highest BCUT2D eigenvalue weighted by molar-refractivity contribution is 5.77. The summed E-state index contributed by atoms with van der Waals surface area (Å²) in [5.74, 6) is 0.541. The highest BCUT2D eigenvalue weighted by atomic mass is 15.2. The molecule has 2 saturated carbocycles. The van der Waals surface area contributed by atoms with Crippen molar-refractivity contribution in [2.45, 2.75) is 78.1 Å². The molecule has 2 heteroatoms. The summed E-state index contributed by atoms with van der Waals surface area (Å²) in [6.07, 6.45) is 16.5. The molecule has 0 radical (unpaired) electrons. The smallest absolute Gasteiger partial charge is 0.0461 e. The Morgan fingerprint density at radius 1 is 0.540 bits per heavy atom. The third kappa shape index (κ3) is 5.79. The van der Waals surface area contributed by atoms with E-state index in [9.17, 15) is 0 Å². The lowest BCUT2D eigenvalue weighted by molar-refractivity contribution is 0.197. The summed E-state index contributed by atoms with van der Waals surface area (Å²) >= 11 is 0. The van der Waals surface area contributed by atoms with E-state index in [0.29, 0.717) is 5.92 Å². The molecule has 2 unspecified atom stereocenters. The second kappa shape index (κ2) is 13.1. The van der Waals surface area contributed by atoms with Crippen LogP contribution in [0.15, 0.2) is 145 Å². The maximum atomic E-state index is 2.64. The summed E-state index contributed by atoms with van der Waals surface area (Å²) in [6.45, 7) is 8.71. The van der Waals surface area contributed by atoms with Crippen molar-refractivity contribution in [3.05, 3.63) is 173 Å². The van der Waals surface area contributed by atoms with Gasteiger partial charge in [-0.15, -0.1) is 0 Å². The summed E-state index contributed by atoms with van der Waals surface area (Å²) in [7, 11) is 0. The van der Waals surface area contributed by atoms with Crippen LogP contribution in [0.25, 0.3) is 0 Å². The first kappa shape index (κ1) is 32.4. The summed E-state index contributed by atoms with van der Waals surface area (Å²) in [5, 5.41) is 0. The maximum absolute atomic E-state index is 2.64. The fourth-order valence-electron chi connectivity index (χ4n) is 9.02. The SMILES string of the molecule is CCc1ccc(N(C2=CC3CC3(C3(c4ccc(N(c5ccc(C)cc5)c5ccc(C)cc5)cc4)CCCCC3)C=C2)c2ccc(C)cc2)cc1. The molecule has 0 aromatic heterocycles. The quantitative estimate of drug-likeness (QED) is 0.156. The van der Waals surface area contributed by atoms with Crippen LogP contribution in [0.2, 0.25) is 0 Å². The summed E-state index contributed by atoms with van der Waals surface area (Å²) < 4.78 is 0. The van der Waals surface area contributed by atoms with Gasteiger partial charge in [0.2, 0.25) is 0 Å². The molecule has 0 heterocycles. The zero-order valence-electron chi connectivity index (χ0n) is 30.2. The van der Waals surface area contributed by atoms with Crippen LogP contribution in [0, 0.1) is 32.1 Å². The number of allylic oxidation sites excluding steroid dienone is 3. The molecule has 0 N–H and O–H groups in total. The van der Waals surface area contributed by atoms with Crippen molar-refractivity contribution in [1.29, 1.82) is 0 Å². The highest BCUT2D eigenvalue weighted by Crippen LogP contribution is 2.71. The number of nitrogens with zero attached hydrogens (tertiary/aromatic N) is 2. The van der Waals surface area contributed by atoms with Crippen LogP contribution < -0.4 is 9.80 Å². The van der Waals surface area contributed by atoms with E-state index >= 15 is 0 Å². The van der Waals surface area contributed by atoms with E-state index in [2.05, 4.69) is 177 Å². The van der Waals surface area contributed by atoms with Crippen LogP contribution in [-0.2, 0) is 11.8 Å². The van der Waals surface area contributed by atoms with E-state index < -0.39 is 0 Å². The number of aryl methyl sites for hydroxylation is 4. The van der Waals surface area contributed by atoms with Gasteiger partial charge in [-0.2, -0.15) is 0 Å². The monoisotopic (exact) mass is 654 g/mol. The van der Waals surface area contributed by atoms with E-state index in [4.69, 9.17) is 0 Å². The third-order valence-corrected chi connectivity index (χ3v) is 12.0. The molecule has 0 bridgehead atoms. The van der Waals surface area contributed by atoms with Gasteiger partial charge in [0, 0.05) is 45.0 Å². The van der Waals surface area contributed by atoms with Gasteiger partial charge in [-0.05, 0) is 130 Å². The Bertz CT molecular complexity index is 1950. The first-order valence-electron chi connectivity index (χ1n) is 18.8. The first-order valence-corrected chi connectivity index (χ1v) is 18.8. The zero-order valence-corrected chi connectivity index (χ0v) is 30.2. The molecule has 252 valence electrons. The normalized spacial score (nSPS) is 20.5. The minimum absolute atomic E-state index is 0.156. The Morgan fingerprint density at radius 2 is 0.980 bits per heavy atom. The molecule has 2 atom stereocenters. The number of anilines is 5. The molecule has 0 saturated heterocycles. The fraction of sp³-hybridized carbons (Fsp3) is 0.292. The van der Waals surface area contributed by atoms with Crippen molar-refractivity contribution >= 4 is 28.4 Å². The molecule has 2 nitrogen and oxygen atoms in total. The Balaban J connectivity index is 1.14. The molecule has 0 spiro atoms. The lowest BCUT2D eigenvalue weighted by atomic mass is 9.58. The molecule has 5 aromatic carbocycles. The van der Waals surface area contributed by atoms with E-state index in [1.54, 1.807) is 0 Å². The molecule has 0 amide bonds. The van der Waals surface area contributed by atoms with Gasteiger partial charge in [-0.1, -0.05) is 116 Å². The number of hydrogen-bond acceptors (Lipinski definition) is 2. The van der Waals surface area contributed by atoms with E-state index in [0.717, 1.165) is 6.42 Å². The van der Waals surface area contributed by atoms with Crippen LogP contribution >= 0.6 is 0 Å². The minimum Gasteiger partial charge on any atom is -0.311 e. The Labute approximate surface area is 299 Å². The minimum atomic E-state index is 0.156. The van der Waals surface area contributed by atoms with Crippen LogP contribution in [0.5, 0.6) is 0 Å². The van der Waals surface area contributed by atoms with Crippen LogP contribution in [0.4, 0.5) is 28.4 Å². The van der Waals surface area contributed by atoms with Crippen molar-refractivity contribution in [2.24, 2.45) is 11.3 Å². The van der Waals surface area contributed by atoms with Gasteiger partial charge in [0.25, 0.3) is 0 Å². The lowest BCUT2D eigenvalue weighted by Gasteiger charge is -2.46. The first-order chi connectivity index (χ1) is 24.4. The van der Waals surface area contributed by atoms with E-state index in [1.807, 2.05) is 0 Å². The van der Waals surface area contributed by atoms with Gasteiger partial charge in [0.1, 0.15) is 0 Å². The average Bonchev–Trinajstić information content (AvgIpc) is 3.91.